The standard InChI is InChI=1S/C16H19NO2/c1-3-9-17-16(18)11-13-6-4-5-12-10-14(19-2)7-8-15(12)13/h1,7-8,10,13H,4-6,9,11H2,2H3,(H,17,18). The fourth-order valence-corrected chi connectivity index (χ4v) is 2.68. The highest BCUT2D eigenvalue weighted by atomic mass is 16.5. The maximum Gasteiger partial charge on any atom is 0.221 e. The van der Waals surface area contributed by atoms with Gasteiger partial charge in [0.2, 0.25) is 5.91 Å². The summed E-state index contributed by atoms with van der Waals surface area (Å²) in [5.41, 5.74) is 2.59. The van der Waals surface area contributed by atoms with Crippen molar-refractivity contribution in [2.24, 2.45) is 0 Å². The fraction of sp³-hybridized carbons (Fsp3) is 0.438. The van der Waals surface area contributed by atoms with E-state index in [1.165, 1.54) is 11.1 Å². The normalized spacial score (nSPS) is 17.2. The number of carbonyl (C=O) groups excluding carboxylic acids is 1. The van der Waals surface area contributed by atoms with Crippen molar-refractivity contribution in [3.05, 3.63) is 29.3 Å². The van der Waals surface area contributed by atoms with Gasteiger partial charge in [0.1, 0.15) is 5.75 Å². The Morgan fingerprint density at radius 2 is 2.42 bits per heavy atom. The van der Waals surface area contributed by atoms with Gasteiger partial charge in [-0.05, 0) is 48.4 Å². The summed E-state index contributed by atoms with van der Waals surface area (Å²) >= 11 is 0. The van der Waals surface area contributed by atoms with E-state index < -0.39 is 0 Å². The van der Waals surface area contributed by atoms with Crippen LogP contribution in [0.3, 0.4) is 0 Å². The van der Waals surface area contributed by atoms with Crippen molar-refractivity contribution in [1.29, 1.82) is 0 Å². The minimum atomic E-state index is 0.0339. The van der Waals surface area contributed by atoms with Crippen LogP contribution in [0, 0.1) is 12.3 Å². The first-order valence-corrected chi connectivity index (χ1v) is 6.61. The van der Waals surface area contributed by atoms with Gasteiger partial charge in [-0.1, -0.05) is 12.0 Å². The Morgan fingerprint density at radius 1 is 1.58 bits per heavy atom. The zero-order valence-electron chi connectivity index (χ0n) is 11.2. The molecule has 0 heterocycles. The molecule has 0 fully saturated rings. The number of ether oxygens (including phenoxy) is 1. The van der Waals surface area contributed by atoms with Crippen LogP contribution in [0.5, 0.6) is 5.75 Å². The summed E-state index contributed by atoms with van der Waals surface area (Å²) in [4.78, 5) is 11.8. The number of rotatable bonds is 4. The summed E-state index contributed by atoms with van der Waals surface area (Å²) < 4.78 is 5.25. The van der Waals surface area contributed by atoms with Crippen LogP contribution in [-0.4, -0.2) is 19.6 Å². The molecule has 0 spiro atoms. The van der Waals surface area contributed by atoms with Crippen LogP contribution in [0.4, 0.5) is 0 Å². The summed E-state index contributed by atoms with van der Waals surface area (Å²) in [7, 11) is 1.68. The van der Waals surface area contributed by atoms with Crippen molar-refractivity contribution in [3.8, 4) is 18.1 Å². The van der Waals surface area contributed by atoms with Crippen molar-refractivity contribution in [2.75, 3.05) is 13.7 Å². The van der Waals surface area contributed by atoms with Gasteiger partial charge in [0.05, 0.1) is 13.7 Å². The van der Waals surface area contributed by atoms with Crippen LogP contribution in [0.15, 0.2) is 18.2 Å². The Hall–Kier alpha value is -1.95. The number of hydrogen-bond donors (Lipinski definition) is 1. The van der Waals surface area contributed by atoms with Gasteiger partial charge in [0, 0.05) is 6.42 Å². The Kier molecular flexibility index (Phi) is 4.46. The third-order valence-electron chi connectivity index (χ3n) is 3.61. The van der Waals surface area contributed by atoms with Crippen molar-refractivity contribution >= 4 is 5.91 Å². The van der Waals surface area contributed by atoms with Crippen molar-refractivity contribution < 1.29 is 9.53 Å². The predicted molar refractivity (Wildman–Crippen MR) is 75.1 cm³/mol. The van der Waals surface area contributed by atoms with E-state index >= 15 is 0 Å². The molecule has 19 heavy (non-hydrogen) atoms. The van der Waals surface area contributed by atoms with E-state index in [-0.39, 0.29) is 5.91 Å². The molecule has 0 bridgehead atoms. The van der Waals surface area contributed by atoms with Gasteiger partial charge in [-0.2, -0.15) is 0 Å². The summed E-state index contributed by atoms with van der Waals surface area (Å²) in [6.07, 6.45) is 8.90. The first kappa shape index (κ1) is 13.5. The highest BCUT2D eigenvalue weighted by Crippen LogP contribution is 2.35. The number of amides is 1. The molecular formula is C16H19NO2. The van der Waals surface area contributed by atoms with Gasteiger partial charge < -0.3 is 10.1 Å². The fourth-order valence-electron chi connectivity index (χ4n) is 2.68. The number of aryl methyl sites for hydroxylation is 1. The third-order valence-corrected chi connectivity index (χ3v) is 3.61. The van der Waals surface area contributed by atoms with E-state index in [1.807, 2.05) is 6.07 Å². The lowest BCUT2D eigenvalue weighted by atomic mass is 9.81. The van der Waals surface area contributed by atoms with Gasteiger partial charge in [0.25, 0.3) is 0 Å². The molecule has 1 unspecified atom stereocenters. The van der Waals surface area contributed by atoms with Crippen LogP contribution in [0.25, 0.3) is 0 Å². The summed E-state index contributed by atoms with van der Waals surface area (Å²) in [5, 5.41) is 2.73. The van der Waals surface area contributed by atoms with E-state index in [4.69, 9.17) is 11.2 Å². The van der Waals surface area contributed by atoms with Gasteiger partial charge in [0.15, 0.2) is 0 Å². The number of fused-ring (bicyclic) bond motifs is 1. The molecule has 0 radical (unpaired) electrons. The number of nitrogens with one attached hydrogen (secondary N) is 1. The zero-order chi connectivity index (χ0) is 13.7. The van der Waals surface area contributed by atoms with Crippen molar-refractivity contribution in [2.45, 2.75) is 31.6 Å². The molecule has 1 atom stereocenters. The maximum atomic E-state index is 11.8. The van der Waals surface area contributed by atoms with Gasteiger partial charge in [-0.25, -0.2) is 0 Å². The molecule has 1 aromatic carbocycles. The molecule has 1 N–H and O–H groups in total. The quantitative estimate of drug-likeness (QED) is 0.840. The lowest BCUT2D eigenvalue weighted by molar-refractivity contribution is -0.121. The average Bonchev–Trinajstić information content (AvgIpc) is 2.44. The van der Waals surface area contributed by atoms with Gasteiger partial charge in [-0.15, -0.1) is 6.42 Å². The van der Waals surface area contributed by atoms with Crippen LogP contribution >= 0.6 is 0 Å². The molecule has 3 heteroatoms. The Bertz CT molecular complexity index is 502. The van der Waals surface area contributed by atoms with Crippen LogP contribution in [0.2, 0.25) is 0 Å². The molecule has 2 rings (SSSR count). The summed E-state index contributed by atoms with van der Waals surface area (Å²) in [6, 6.07) is 6.14. The van der Waals surface area contributed by atoms with Gasteiger partial charge >= 0.3 is 0 Å². The Balaban J connectivity index is 2.09. The Morgan fingerprint density at radius 3 is 3.16 bits per heavy atom. The van der Waals surface area contributed by atoms with Crippen molar-refractivity contribution in [1.82, 2.24) is 5.32 Å². The summed E-state index contributed by atoms with van der Waals surface area (Å²) in [5.74, 6) is 3.64. The minimum Gasteiger partial charge on any atom is -0.497 e. The SMILES string of the molecule is C#CCNC(=O)CC1CCCc2cc(OC)ccc21. The van der Waals surface area contributed by atoms with Crippen LogP contribution in [-0.2, 0) is 11.2 Å². The minimum absolute atomic E-state index is 0.0339. The van der Waals surface area contributed by atoms with Crippen LogP contribution < -0.4 is 10.1 Å². The topological polar surface area (TPSA) is 38.3 Å². The number of methoxy groups -OCH3 is 1. The van der Waals surface area contributed by atoms with E-state index in [2.05, 4.69) is 23.4 Å². The summed E-state index contributed by atoms with van der Waals surface area (Å²) in [6.45, 7) is 0.307. The highest BCUT2D eigenvalue weighted by Gasteiger charge is 2.22. The molecule has 0 aromatic heterocycles. The number of hydrogen-bond acceptors (Lipinski definition) is 2. The first-order chi connectivity index (χ1) is 9.24. The zero-order valence-corrected chi connectivity index (χ0v) is 11.2. The molecule has 1 aromatic rings. The third kappa shape index (κ3) is 3.29. The molecule has 0 saturated carbocycles. The number of benzene rings is 1. The molecule has 0 aliphatic heterocycles. The molecule has 1 aliphatic rings. The predicted octanol–water partition coefficient (Wildman–Crippen LogP) is 2.25. The smallest absolute Gasteiger partial charge is 0.221 e. The van der Waals surface area contributed by atoms with Gasteiger partial charge in [-0.3, -0.25) is 4.79 Å². The average molecular weight is 257 g/mol. The maximum absolute atomic E-state index is 11.8. The first-order valence-electron chi connectivity index (χ1n) is 6.61. The molecule has 100 valence electrons. The van der Waals surface area contributed by atoms with Crippen LogP contribution in [0.1, 0.15) is 36.3 Å². The second kappa shape index (κ2) is 6.29. The van der Waals surface area contributed by atoms with Crippen molar-refractivity contribution in [3.63, 3.8) is 0 Å². The van der Waals surface area contributed by atoms with E-state index in [9.17, 15) is 4.79 Å². The lowest BCUT2D eigenvalue weighted by Gasteiger charge is -2.25. The highest BCUT2D eigenvalue weighted by molar-refractivity contribution is 5.77. The molecule has 1 aliphatic carbocycles. The van der Waals surface area contributed by atoms with E-state index in [0.717, 1.165) is 25.0 Å². The number of terminal acetylenes is 1. The Labute approximate surface area is 114 Å². The molecular weight excluding hydrogens is 238 g/mol. The van der Waals surface area contributed by atoms with E-state index in [1.54, 1.807) is 7.11 Å². The largest absolute Gasteiger partial charge is 0.497 e. The lowest BCUT2D eigenvalue weighted by Crippen LogP contribution is -2.26. The molecule has 3 nitrogen and oxygen atoms in total. The molecule has 1 amide bonds. The monoisotopic (exact) mass is 257 g/mol. The van der Waals surface area contributed by atoms with E-state index in [0.29, 0.717) is 18.9 Å². The number of carbonyl (C=O) groups is 1. The molecule has 0 saturated heterocycles. The second-order valence-electron chi connectivity index (χ2n) is 4.84. The second-order valence-corrected chi connectivity index (χ2v) is 4.84.